The minimum atomic E-state index is -3.49. The summed E-state index contributed by atoms with van der Waals surface area (Å²) in [5.74, 6) is 1.80. The number of hydrogen-bond donors (Lipinski definition) is 0. The van der Waals surface area contributed by atoms with E-state index in [1.807, 2.05) is 43.3 Å². The molecule has 1 fully saturated rings. The fourth-order valence-corrected chi connectivity index (χ4v) is 5.46. The van der Waals surface area contributed by atoms with Crippen molar-refractivity contribution in [2.24, 2.45) is 5.92 Å². The second kappa shape index (κ2) is 8.93. The molecular formula is C24H29N3O3S. The maximum Gasteiger partial charge on any atom is 0.257 e. The van der Waals surface area contributed by atoms with E-state index in [4.69, 9.17) is 4.52 Å². The van der Waals surface area contributed by atoms with E-state index >= 15 is 0 Å². The largest absolute Gasteiger partial charge is 0.334 e. The number of hydrogen-bond acceptors (Lipinski definition) is 5. The molecule has 164 valence electrons. The van der Waals surface area contributed by atoms with Crippen molar-refractivity contribution < 1.29 is 12.9 Å². The molecule has 0 spiro atoms. The van der Waals surface area contributed by atoms with E-state index in [2.05, 4.69) is 24.0 Å². The topological polar surface area (TPSA) is 76.3 Å². The van der Waals surface area contributed by atoms with Crippen molar-refractivity contribution in [3.05, 3.63) is 65.5 Å². The molecule has 1 saturated heterocycles. The van der Waals surface area contributed by atoms with Gasteiger partial charge in [0.05, 0.1) is 4.90 Å². The lowest BCUT2D eigenvalue weighted by Crippen LogP contribution is -2.38. The zero-order valence-electron chi connectivity index (χ0n) is 18.3. The molecule has 0 atom stereocenters. The van der Waals surface area contributed by atoms with Crippen LogP contribution in [-0.2, 0) is 16.4 Å². The number of piperidine rings is 1. The van der Waals surface area contributed by atoms with Crippen LogP contribution in [0, 0.1) is 12.8 Å². The van der Waals surface area contributed by atoms with Crippen LogP contribution >= 0.6 is 0 Å². The van der Waals surface area contributed by atoms with Gasteiger partial charge in [-0.15, -0.1) is 0 Å². The van der Waals surface area contributed by atoms with Gasteiger partial charge in [-0.2, -0.15) is 9.29 Å². The molecule has 0 amide bonds. The van der Waals surface area contributed by atoms with Crippen molar-refractivity contribution in [2.45, 2.75) is 50.8 Å². The first-order chi connectivity index (χ1) is 14.8. The van der Waals surface area contributed by atoms with Crippen LogP contribution < -0.4 is 0 Å². The van der Waals surface area contributed by atoms with Crippen LogP contribution in [0.3, 0.4) is 0 Å². The van der Waals surface area contributed by atoms with Gasteiger partial charge < -0.3 is 4.52 Å². The predicted molar refractivity (Wildman–Crippen MR) is 120 cm³/mol. The van der Waals surface area contributed by atoms with Gasteiger partial charge in [-0.25, -0.2) is 8.42 Å². The Balaban J connectivity index is 1.40. The molecule has 7 heteroatoms. The van der Waals surface area contributed by atoms with Crippen LogP contribution in [0.5, 0.6) is 0 Å². The summed E-state index contributed by atoms with van der Waals surface area (Å²) in [5.41, 5.74) is 3.23. The van der Waals surface area contributed by atoms with Crippen LogP contribution in [-0.4, -0.2) is 36.0 Å². The van der Waals surface area contributed by atoms with Crippen LogP contribution in [0.1, 0.15) is 49.6 Å². The third-order valence-corrected chi connectivity index (χ3v) is 7.68. The maximum atomic E-state index is 13.1. The Labute approximate surface area is 184 Å². The van der Waals surface area contributed by atoms with Crippen molar-refractivity contribution in [3.8, 4) is 11.5 Å². The first-order valence-corrected chi connectivity index (χ1v) is 12.3. The fourth-order valence-electron chi connectivity index (χ4n) is 3.99. The maximum absolute atomic E-state index is 13.1. The molecule has 3 aromatic rings. The van der Waals surface area contributed by atoms with E-state index in [9.17, 15) is 8.42 Å². The number of aromatic nitrogens is 2. The second-order valence-corrected chi connectivity index (χ2v) is 10.7. The number of benzene rings is 2. The Morgan fingerprint density at radius 2 is 1.68 bits per heavy atom. The molecule has 4 rings (SSSR count). The summed E-state index contributed by atoms with van der Waals surface area (Å²) in [7, 11) is -3.49. The van der Waals surface area contributed by atoms with Crippen LogP contribution in [0.15, 0.2) is 57.9 Å². The summed E-state index contributed by atoms with van der Waals surface area (Å²) in [6.07, 6.45) is 2.30. The van der Waals surface area contributed by atoms with Gasteiger partial charge in [0.15, 0.2) is 5.82 Å². The highest BCUT2D eigenvalue weighted by atomic mass is 32.2. The first kappa shape index (κ1) is 21.7. The third kappa shape index (κ3) is 4.88. The summed E-state index contributed by atoms with van der Waals surface area (Å²) in [5, 5.41) is 4.16. The lowest BCUT2D eigenvalue weighted by atomic mass is 9.97. The molecule has 0 bridgehead atoms. The molecule has 0 unspecified atom stereocenters. The van der Waals surface area contributed by atoms with Crippen LogP contribution in [0.25, 0.3) is 11.5 Å². The van der Waals surface area contributed by atoms with Gasteiger partial charge in [0.2, 0.25) is 10.0 Å². The van der Waals surface area contributed by atoms with Gasteiger partial charge in [-0.05, 0) is 61.9 Å². The quantitative estimate of drug-likeness (QED) is 0.551. The standard InChI is InChI=1S/C24H29N3O3S/c1-17(2)16-19-6-10-22(11-7-19)31(28,29)27-14-12-20(13-15-27)23-25-24(30-26-23)21-8-4-18(3)5-9-21/h4-11,17,20H,12-16H2,1-3H3. The highest BCUT2D eigenvalue weighted by Gasteiger charge is 2.31. The summed E-state index contributed by atoms with van der Waals surface area (Å²) in [6, 6.07) is 15.3. The summed E-state index contributed by atoms with van der Waals surface area (Å²) < 4.78 is 33.1. The minimum absolute atomic E-state index is 0.0998. The van der Waals surface area contributed by atoms with Crippen molar-refractivity contribution in [1.82, 2.24) is 14.4 Å². The van der Waals surface area contributed by atoms with Gasteiger partial charge in [0, 0.05) is 24.6 Å². The Kier molecular flexibility index (Phi) is 6.25. The zero-order valence-corrected chi connectivity index (χ0v) is 19.1. The van der Waals surface area contributed by atoms with E-state index in [1.165, 1.54) is 5.56 Å². The minimum Gasteiger partial charge on any atom is -0.334 e. The lowest BCUT2D eigenvalue weighted by Gasteiger charge is -2.29. The summed E-state index contributed by atoms with van der Waals surface area (Å²) in [4.78, 5) is 4.93. The molecule has 1 aliphatic heterocycles. The van der Waals surface area contributed by atoms with Crippen LogP contribution in [0.4, 0.5) is 0 Å². The molecule has 2 heterocycles. The van der Waals surface area contributed by atoms with Gasteiger partial charge >= 0.3 is 0 Å². The molecule has 2 aromatic carbocycles. The third-order valence-electron chi connectivity index (χ3n) is 5.76. The first-order valence-electron chi connectivity index (χ1n) is 10.8. The molecule has 0 radical (unpaired) electrons. The van der Waals surface area contributed by atoms with Crippen molar-refractivity contribution in [1.29, 1.82) is 0 Å². The monoisotopic (exact) mass is 439 g/mol. The number of nitrogens with zero attached hydrogens (tertiary/aromatic N) is 3. The molecule has 1 aromatic heterocycles. The van der Waals surface area contributed by atoms with E-state index in [1.54, 1.807) is 16.4 Å². The summed E-state index contributed by atoms with van der Waals surface area (Å²) >= 11 is 0. The number of aryl methyl sites for hydroxylation is 1. The Morgan fingerprint density at radius 3 is 2.29 bits per heavy atom. The normalized spacial score (nSPS) is 16.1. The summed E-state index contributed by atoms with van der Waals surface area (Å²) in [6.45, 7) is 7.25. The van der Waals surface area contributed by atoms with Gasteiger partial charge in [-0.1, -0.05) is 48.8 Å². The SMILES string of the molecule is Cc1ccc(-c2nc(C3CCN(S(=O)(=O)c4ccc(CC(C)C)cc4)CC3)no2)cc1. The lowest BCUT2D eigenvalue weighted by molar-refractivity contribution is 0.307. The van der Waals surface area contributed by atoms with Gasteiger partial charge in [-0.3, -0.25) is 0 Å². The molecular weight excluding hydrogens is 410 g/mol. The highest BCUT2D eigenvalue weighted by Crippen LogP contribution is 2.30. The van der Waals surface area contributed by atoms with Gasteiger partial charge in [0.25, 0.3) is 5.89 Å². The van der Waals surface area contributed by atoms with E-state index < -0.39 is 10.0 Å². The molecule has 31 heavy (non-hydrogen) atoms. The molecule has 0 N–H and O–H groups in total. The molecule has 0 aliphatic carbocycles. The fraction of sp³-hybridized carbons (Fsp3) is 0.417. The Morgan fingerprint density at radius 1 is 1.03 bits per heavy atom. The highest BCUT2D eigenvalue weighted by molar-refractivity contribution is 7.89. The molecule has 0 saturated carbocycles. The predicted octanol–water partition coefficient (Wildman–Crippen LogP) is 4.81. The zero-order chi connectivity index (χ0) is 22.0. The smallest absolute Gasteiger partial charge is 0.257 e. The number of sulfonamides is 1. The van der Waals surface area contributed by atoms with Crippen molar-refractivity contribution in [2.75, 3.05) is 13.1 Å². The van der Waals surface area contributed by atoms with E-state index in [0.717, 1.165) is 17.5 Å². The number of rotatable bonds is 6. The van der Waals surface area contributed by atoms with E-state index in [0.29, 0.717) is 48.5 Å². The van der Waals surface area contributed by atoms with E-state index in [-0.39, 0.29) is 5.92 Å². The van der Waals surface area contributed by atoms with Crippen LogP contribution in [0.2, 0.25) is 0 Å². The average Bonchev–Trinajstić information content (AvgIpc) is 3.25. The Bertz CT molecular complexity index is 1110. The van der Waals surface area contributed by atoms with Gasteiger partial charge in [0.1, 0.15) is 0 Å². The average molecular weight is 440 g/mol. The molecule has 6 nitrogen and oxygen atoms in total. The second-order valence-electron chi connectivity index (χ2n) is 8.74. The Hall–Kier alpha value is -2.51. The molecule has 1 aliphatic rings. The van der Waals surface area contributed by atoms with Crippen molar-refractivity contribution in [3.63, 3.8) is 0 Å². The van der Waals surface area contributed by atoms with Crippen molar-refractivity contribution >= 4 is 10.0 Å².